The van der Waals surface area contributed by atoms with Crippen LogP contribution in [0.4, 0.5) is 22.0 Å². The van der Waals surface area contributed by atoms with Crippen LogP contribution < -0.4 is 11.1 Å². The molecule has 146 valence electrons. The number of aromatic nitrogens is 4. The van der Waals surface area contributed by atoms with Crippen LogP contribution >= 0.6 is 10.6 Å². The van der Waals surface area contributed by atoms with E-state index < -0.39 is 10.6 Å². The average molecular weight is 410 g/mol. The fourth-order valence-corrected chi connectivity index (χ4v) is 4.58. The van der Waals surface area contributed by atoms with Gasteiger partial charge in [-0.05, 0) is 35.9 Å². The Labute approximate surface area is 165 Å². The second kappa shape index (κ2) is 6.27. The smallest absolute Gasteiger partial charge is 0.221 e. The molecule has 4 aromatic rings. The quantitative estimate of drug-likeness (QED) is 0.334. The van der Waals surface area contributed by atoms with Gasteiger partial charge in [-0.3, -0.25) is 14.2 Å². The van der Waals surface area contributed by atoms with Gasteiger partial charge in [0.05, 0.1) is 10.4 Å². The van der Waals surface area contributed by atoms with Gasteiger partial charge >= 0.3 is 0 Å². The van der Waals surface area contributed by atoms with Crippen molar-refractivity contribution >= 4 is 45.2 Å². The molecule has 0 saturated carbocycles. The molecule has 2 aromatic heterocycles. The van der Waals surface area contributed by atoms with Crippen LogP contribution in [-0.4, -0.2) is 29.3 Å². The number of nitrogens with two attached hydrogens (primary N) is 1. The second-order valence-corrected chi connectivity index (χ2v) is 8.39. The van der Waals surface area contributed by atoms with E-state index in [0.717, 1.165) is 0 Å². The minimum atomic E-state index is -2.97. The first kappa shape index (κ1) is 17.6. The molecule has 5 rings (SSSR count). The Hall–Kier alpha value is -3.47. The highest BCUT2D eigenvalue weighted by molar-refractivity contribution is 8.27. The number of nitrogens with one attached hydrogen (secondary N) is 2. The standard InChI is InChI=1S/C19H15FN6O2S/c20-10-4-5-15-13(8-10)18(26-25-15)23-17-14(9-22-19(21)24-17)11-2-1-3-16-12(11)6-7-29(16,27)28/h1-9,27-28H,(H4,21,22,23,24,25,26). The number of fused-ring (bicyclic) bond motifs is 2. The van der Waals surface area contributed by atoms with Gasteiger partial charge in [0.15, 0.2) is 5.82 Å². The van der Waals surface area contributed by atoms with Crippen molar-refractivity contribution in [1.82, 2.24) is 20.2 Å². The summed E-state index contributed by atoms with van der Waals surface area (Å²) < 4.78 is 34.1. The predicted molar refractivity (Wildman–Crippen MR) is 111 cm³/mol. The molecule has 0 fully saturated rings. The van der Waals surface area contributed by atoms with E-state index >= 15 is 0 Å². The van der Waals surface area contributed by atoms with Crippen molar-refractivity contribution in [2.75, 3.05) is 11.1 Å². The van der Waals surface area contributed by atoms with E-state index in [1.165, 1.54) is 17.5 Å². The van der Waals surface area contributed by atoms with Crippen LogP contribution in [0.1, 0.15) is 5.56 Å². The average Bonchev–Trinajstić information content (AvgIpc) is 3.23. The number of H-pyrrole nitrogens is 1. The van der Waals surface area contributed by atoms with Crippen molar-refractivity contribution in [2.24, 2.45) is 0 Å². The lowest BCUT2D eigenvalue weighted by Gasteiger charge is -2.25. The maximum Gasteiger partial charge on any atom is 0.221 e. The lowest BCUT2D eigenvalue weighted by Crippen LogP contribution is -2.03. The molecule has 0 amide bonds. The van der Waals surface area contributed by atoms with Crippen LogP contribution in [0.2, 0.25) is 0 Å². The molecule has 1 aliphatic heterocycles. The monoisotopic (exact) mass is 410 g/mol. The third-order valence-electron chi connectivity index (χ3n) is 4.67. The minimum absolute atomic E-state index is 0.0506. The first-order valence-electron chi connectivity index (χ1n) is 8.55. The van der Waals surface area contributed by atoms with E-state index in [1.54, 1.807) is 30.5 Å². The third kappa shape index (κ3) is 2.90. The van der Waals surface area contributed by atoms with Crippen LogP contribution in [0.5, 0.6) is 0 Å². The van der Waals surface area contributed by atoms with Gasteiger partial charge in [-0.15, -0.1) is 10.6 Å². The molecule has 0 aliphatic carbocycles. The molecule has 8 nitrogen and oxygen atoms in total. The Balaban J connectivity index is 1.65. The molecule has 0 spiro atoms. The third-order valence-corrected chi connectivity index (χ3v) is 6.19. The van der Waals surface area contributed by atoms with Crippen molar-refractivity contribution in [1.29, 1.82) is 0 Å². The van der Waals surface area contributed by atoms with E-state index in [1.807, 2.05) is 6.07 Å². The number of hydrogen-bond acceptors (Lipinski definition) is 7. The Morgan fingerprint density at radius 1 is 1.10 bits per heavy atom. The zero-order chi connectivity index (χ0) is 20.2. The number of nitrogen functional groups attached to an aromatic ring is 1. The van der Waals surface area contributed by atoms with Gasteiger partial charge in [-0.1, -0.05) is 12.1 Å². The lowest BCUT2D eigenvalue weighted by molar-refractivity contribution is 0.501. The highest BCUT2D eigenvalue weighted by atomic mass is 32.3. The van der Waals surface area contributed by atoms with Crippen molar-refractivity contribution in [3.05, 3.63) is 59.4 Å². The molecule has 0 radical (unpaired) electrons. The molecular weight excluding hydrogens is 395 g/mol. The summed E-state index contributed by atoms with van der Waals surface area (Å²) in [4.78, 5) is 8.80. The molecule has 0 unspecified atom stereocenters. The van der Waals surface area contributed by atoms with Crippen LogP contribution in [0.25, 0.3) is 28.1 Å². The van der Waals surface area contributed by atoms with E-state index in [2.05, 4.69) is 25.5 Å². The van der Waals surface area contributed by atoms with Crippen LogP contribution in [0.15, 0.2) is 52.9 Å². The van der Waals surface area contributed by atoms with Gasteiger partial charge < -0.3 is 11.1 Å². The van der Waals surface area contributed by atoms with Crippen molar-refractivity contribution < 1.29 is 13.5 Å². The Kier molecular flexibility index (Phi) is 3.81. The normalized spacial score (nSPS) is 15.4. The first-order chi connectivity index (χ1) is 13.9. The highest BCUT2D eigenvalue weighted by Gasteiger charge is 2.25. The Morgan fingerprint density at radius 2 is 1.97 bits per heavy atom. The Bertz CT molecular complexity index is 1300. The lowest BCUT2D eigenvalue weighted by atomic mass is 10.0. The van der Waals surface area contributed by atoms with E-state index in [9.17, 15) is 13.5 Å². The first-order valence-corrected chi connectivity index (χ1v) is 10.2. The summed E-state index contributed by atoms with van der Waals surface area (Å²) >= 11 is 0. The number of nitrogens with zero attached hydrogens (tertiary/aromatic N) is 3. The molecule has 29 heavy (non-hydrogen) atoms. The predicted octanol–water partition coefficient (Wildman–Crippen LogP) is 4.58. The summed E-state index contributed by atoms with van der Waals surface area (Å²) in [5.74, 6) is 0.405. The maximum atomic E-state index is 13.7. The Morgan fingerprint density at radius 3 is 2.83 bits per heavy atom. The topological polar surface area (TPSA) is 133 Å². The van der Waals surface area contributed by atoms with Gasteiger partial charge in [0, 0.05) is 28.1 Å². The summed E-state index contributed by atoms with van der Waals surface area (Å²) in [6.07, 6.45) is 3.22. The molecular formula is C19H15FN6O2S. The summed E-state index contributed by atoms with van der Waals surface area (Å²) in [5.41, 5.74) is 8.40. The van der Waals surface area contributed by atoms with Crippen molar-refractivity contribution in [3.63, 3.8) is 0 Å². The molecule has 0 atom stereocenters. The molecule has 3 heterocycles. The van der Waals surface area contributed by atoms with Crippen molar-refractivity contribution in [3.8, 4) is 11.1 Å². The fourth-order valence-electron chi connectivity index (χ4n) is 3.33. The number of anilines is 3. The van der Waals surface area contributed by atoms with Crippen LogP contribution in [0, 0.1) is 5.82 Å². The summed E-state index contributed by atoms with van der Waals surface area (Å²) in [5, 5.41) is 12.1. The molecule has 2 aromatic carbocycles. The van der Waals surface area contributed by atoms with Crippen LogP contribution in [-0.2, 0) is 0 Å². The molecule has 6 N–H and O–H groups in total. The molecule has 1 aliphatic rings. The van der Waals surface area contributed by atoms with Gasteiger partial charge in [-0.25, -0.2) is 9.37 Å². The maximum absolute atomic E-state index is 13.7. The van der Waals surface area contributed by atoms with Gasteiger partial charge in [-0.2, -0.15) is 10.1 Å². The SMILES string of the molecule is Nc1ncc(-c2cccc3c2C=CS3(O)O)c(Nc2n[nH]c3ccc(F)cc23)n1. The number of benzene rings is 2. The number of halogens is 1. The number of rotatable bonds is 3. The van der Waals surface area contributed by atoms with E-state index in [-0.39, 0.29) is 11.8 Å². The fraction of sp³-hybridized carbons (Fsp3) is 0. The molecule has 0 saturated heterocycles. The number of hydrogen-bond donors (Lipinski definition) is 5. The van der Waals surface area contributed by atoms with Gasteiger partial charge in [0.2, 0.25) is 5.95 Å². The van der Waals surface area contributed by atoms with Crippen molar-refractivity contribution in [2.45, 2.75) is 4.90 Å². The summed E-state index contributed by atoms with van der Waals surface area (Å²) in [6.45, 7) is 0. The number of aromatic amines is 1. The summed E-state index contributed by atoms with van der Waals surface area (Å²) in [7, 11) is -2.97. The summed E-state index contributed by atoms with van der Waals surface area (Å²) in [6, 6.07) is 9.53. The van der Waals surface area contributed by atoms with E-state index in [0.29, 0.717) is 44.1 Å². The van der Waals surface area contributed by atoms with E-state index in [4.69, 9.17) is 5.73 Å². The minimum Gasteiger partial charge on any atom is -0.368 e. The van der Waals surface area contributed by atoms with Crippen LogP contribution in [0.3, 0.4) is 0 Å². The second-order valence-electron chi connectivity index (χ2n) is 6.49. The molecule has 0 bridgehead atoms. The zero-order valence-electron chi connectivity index (χ0n) is 14.8. The molecule has 10 heteroatoms. The van der Waals surface area contributed by atoms with Gasteiger partial charge in [0.1, 0.15) is 11.6 Å². The largest absolute Gasteiger partial charge is 0.368 e. The van der Waals surface area contributed by atoms with Gasteiger partial charge in [0.25, 0.3) is 0 Å². The zero-order valence-corrected chi connectivity index (χ0v) is 15.6. The highest BCUT2D eigenvalue weighted by Crippen LogP contribution is 2.57.